The fourth-order valence-electron chi connectivity index (χ4n) is 4.29. The Balaban J connectivity index is 1.69. The molecule has 0 bridgehead atoms. The van der Waals surface area contributed by atoms with Crippen molar-refractivity contribution in [3.63, 3.8) is 0 Å². The van der Waals surface area contributed by atoms with Gasteiger partial charge in [0.25, 0.3) is 0 Å². The van der Waals surface area contributed by atoms with Crippen LogP contribution in [-0.2, 0) is 0 Å². The van der Waals surface area contributed by atoms with Crippen molar-refractivity contribution >= 4 is 35.6 Å². The summed E-state index contributed by atoms with van der Waals surface area (Å²) in [5, 5.41) is 4.04. The zero-order valence-electron chi connectivity index (χ0n) is 19.3. The number of aromatic nitrogens is 2. The first-order valence-electron chi connectivity index (χ1n) is 11.1. The van der Waals surface area contributed by atoms with Crippen LogP contribution < -0.4 is 5.32 Å². The first-order chi connectivity index (χ1) is 15.4. The molecule has 1 saturated carbocycles. The number of aryl methyl sites for hydroxylation is 1. The van der Waals surface area contributed by atoms with Gasteiger partial charge in [-0.1, -0.05) is 55.4 Å². The normalized spacial score (nSPS) is 19.2. The average Bonchev–Trinajstić information content (AvgIpc) is 2.75. The van der Waals surface area contributed by atoms with Crippen molar-refractivity contribution in [3.05, 3.63) is 71.2 Å². The van der Waals surface area contributed by atoms with E-state index in [1.54, 1.807) is 12.4 Å². The lowest BCUT2D eigenvalue weighted by Crippen LogP contribution is -2.30. The summed E-state index contributed by atoms with van der Waals surface area (Å²) in [5.74, 6) is 1.10. The van der Waals surface area contributed by atoms with Crippen LogP contribution in [0.2, 0.25) is 5.02 Å². The zero-order valence-corrected chi connectivity index (χ0v) is 20.1. The van der Waals surface area contributed by atoms with Crippen molar-refractivity contribution in [3.8, 4) is 0 Å². The predicted molar refractivity (Wildman–Crippen MR) is 136 cm³/mol. The quantitative estimate of drug-likeness (QED) is 0.409. The van der Waals surface area contributed by atoms with Crippen LogP contribution in [0.3, 0.4) is 0 Å². The molecule has 2 unspecified atom stereocenters. The van der Waals surface area contributed by atoms with Crippen LogP contribution in [0.25, 0.3) is 5.57 Å². The van der Waals surface area contributed by atoms with Crippen LogP contribution in [0.15, 0.2) is 54.3 Å². The highest BCUT2D eigenvalue weighted by Gasteiger charge is 2.24. The van der Waals surface area contributed by atoms with E-state index < -0.39 is 0 Å². The van der Waals surface area contributed by atoms with Crippen molar-refractivity contribution in [2.45, 2.75) is 45.6 Å². The molecule has 1 aliphatic rings. The second-order valence-corrected chi connectivity index (χ2v) is 8.88. The van der Waals surface area contributed by atoms with Crippen LogP contribution in [0.4, 0.5) is 5.95 Å². The highest BCUT2D eigenvalue weighted by Crippen LogP contribution is 2.30. The first kappa shape index (κ1) is 23.9. The molecule has 2 aromatic rings. The van der Waals surface area contributed by atoms with Crippen molar-refractivity contribution in [1.29, 1.82) is 0 Å². The Morgan fingerprint density at radius 2 is 2.09 bits per heavy atom. The van der Waals surface area contributed by atoms with Gasteiger partial charge in [-0.2, -0.15) is 0 Å². The molecule has 1 aromatic carbocycles. The van der Waals surface area contributed by atoms with Gasteiger partial charge in [-0.15, -0.1) is 0 Å². The Kier molecular flexibility index (Phi) is 8.34. The summed E-state index contributed by atoms with van der Waals surface area (Å²) in [6.45, 7) is 13.0. The topological polar surface area (TPSA) is 53.2 Å². The Labute approximate surface area is 196 Å². The lowest BCUT2D eigenvalue weighted by atomic mass is 9.86. The van der Waals surface area contributed by atoms with Gasteiger partial charge in [0, 0.05) is 23.7 Å². The van der Waals surface area contributed by atoms with E-state index in [1.165, 1.54) is 6.42 Å². The van der Waals surface area contributed by atoms with Crippen LogP contribution in [0.5, 0.6) is 0 Å². The SMILES string of the molecule is C=C(C[N+](C)=CC1CCCC(Nc2ncc(Cl)c(C(=C)c3ccccc3C)n2)C1)N=CC. The van der Waals surface area contributed by atoms with E-state index in [4.69, 9.17) is 16.6 Å². The Hall–Kier alpha value is -2.79. The Morgan fingerprint density at radius 1 is 1.31 bits per heavy atom. The summed E-state index contributed by atoms with van der Waals surface area (Å²) in [4.78, 5) is 13.4. The van der Waals surface area contributed by atoms with E-state index in [2.05, 4.69) is 59.3 Å². The van der Waals surface area contributed by atoms with E-state index >= 15 is 0 Å². The molecule has 5 nitrogen and oxygen atoms in total. The van der Waals surface area contributed by atoms with Crippen molar-refractivity contribution in [1.82, 2.24) is 9.97 Å². The van der Waals surface area contributed by atoms with E-state index in [-0.39, 0.29) is 0 Å². The summed E-state index contributed by atoms with van der Waals surface area (Å²) in [5.41, 5.74) is 4.54. The van der Waals surface area contributed by atoms with Crippen LogP contribution in [0, 0.1) is 12.8 Å². The maximum Gasteiger partial charge on any atom is 0.223 e. The minimum absolute atomic E-state index is 0.316. The monoisotopic (exact) mass is 450 g/mol. The van der Waals surface area contributed by atoms with E-state index in [0.717, 1.165) is 48.2 Å². The smallest absolute Gasteiger partial charge is 0.223 e. The van der Waals surface area contributed by atoms with Crippen LogP contribution in [-0.4, -0.2) is 46.6 Å². The van der Waals surface area contributed by atoms with Crippen molar-refractivity contribution in [2.24, 2.45) is 10.9 Å². The summed E-state index contributed by atoms with van der Waals surface area (Å²) >= 11 is 6.44. The van der Waals surface area contributed by atoms with Gasteiger partial charge in [-0.25, -0.2) is 14.5 Å². The van der Waals surface area contributed by atoms with Crippen molar-refractivity contribution < 1.29 is 4.58 Å². The minimum atomic E-state index is 0.316. The fraction of sp³-hybridized carbons (Fsp3) is 0.385. The third kappa shape index (κ3) is 6.36. The lowest BCUT2D eigenvalue weighted by molar-refractivity contribution is -0.486. The van der Waals surface area contributed by atoms with Crippen LogP contribution >= 0.6 is 11.6 Å². The molecule has 0 radical (unpaired) electrons. The maximum atomic E-state index is 6.44. The van der Waals surface area contributed by atoms with Gasteiger partial charge in [0.05, 0.1) is 22.6 Å². The fourth-order valence-corrected chi connectivity index (χ4v) is 4.49. The predicted octanol–water partition coefficient (Wildman–Crippen LogP) is 5.79. The van der Waals surface area contributed by atoms with E-state index in [9.17, 15) is 0 Å². The molecule has 0 aliphatic heterocycles. The molecule has 1 aliphatic carbocycles. The number of hydrogen-bond donors (Lipinski definition) is 1. The number of anilines is 1. The molecular formula is C26H33ClN5+. The third-order valence-electron chi connectivity index (χ3n) is 5.76. The van der Waals surface area contributed by atoms with Gasteiger partial charge in [-0.05, 0) is 44.2 Å². The number of likely N-dealkylation sites (N-methyl/N-ethyl adjacent to an activating group) is 1. The molecule has 32 heavy (non-hydrogen) atoms. The van der Waals surface area contributed by atoms with Crippen LogP contribution in [0.1, 0.15) is 49.4 Å². The molecule has 1 heterocycles. The molecule has 0 saturated heterocycles. The lowest BCUT2D eigenvalue weighted by Gasteiger charge is -2.27. The van der Waals surface area contributed by atoms with Gasteiger partial charge in [0.1, 0.15) is 13.3 Å². The molecule has 2 atom stereocenters. The second kappa shape index (κ2) is 11.2. The van der Waals surface area contributed by atoms with Gasteiger partial charge < -0.3 is 5.32 Å². The average molecular weight is 451 g/mol. The molecule has 1 N–H and O–H groups in total. The Bertz CT molecular complexity index is 1040. The number of halogens is 1. The van der Waals surface area contributed by atoms with Gasteiger partial charge in [-0.3, -0.25) is 4.99 Å². The molecular weight excluding hydrogens is 418 g/mol. The first-order valence-corrected chi connectivity index (χ1v) is 11.5. The summed E-state index contributed by atoms with van der Waals surface area (Å²) in [6.07, 6.45) is 10.2. The molecule has 6 heteroatoms. The maximum absolute atomic E-state index is 6.44. The largest absolute Gasteiger partial charge is 0.351 e. The summed E-state index contributed by atoms with van der Waals surface area (Å²) < 4.78 is 2.19. The van der Waals surface area contributed by atoms with Crippen molar-refractivity contribution in [2.75, 3.05) is 18.9 Å². The standard InChI is InChI=1S/C26H33ClN5/c1-6-28-19(3)16-32(5)17-21-11-9-12-22(14-21)30-26-29-15-24(27)25(31-26)20(4)23-13-8-7-10-18(23)2/h6-8,10,13,15,17,21-22H,3-4,9,11-12,14,16H2,1-2,5H3,(H,29,30,31)/q+1. The summed E-state index contributed by atoms with van der Waals surface area (Å²) in [7, 11) is 2.08. The zero-order chi connectivity index (χ0) is 23.1. The molecule has 1 aromatic heterocycles. The Morgan fingerprint density at radius 3 is 2.84 bits per heavy atom. The number of aliphatic imine (C=N–C) groups is 1. The molecule has 0 amide bonds. The van der Waals surface area contributed by atoms with E-state index in [1.807, 2.05) is 25.1 Å². The van der Waals surface area contributed by atoms with Gasteiger partial charge in [0.2, 0.25) is 5.95 Å². The second-order valence-electron chi connectivity index (χ2n) is 8.47. The number of rotatable bonds is 8. The van der Waals surface area contributed by atoms with Gasteiger partial charge in [0.15, 0.2) is 6.54 Å². The molecule has 0 spiro atoms. The molecule has 1 fully saturated rings. The number of nitrogens with one attached hydrogen (secondary N) is 1. The highest BCUT2D eigenvalue weighted by molar-refractivity contribution is 6.32. The molecule has 3 rings (SSSR count). The van der Waals surface area contributed by atoms with E-state index in [0.29, 0.717) is 28.6 Å². The highest BCUT2D eigenvalue weighted by atomic mass is 35.5. The third-order valence-corrected chi connectivity index (χ3v) is 6.03. The van der Waals surface area contributed by atoms with Gasteiger partial charge >= 0.3 is 0 Å². The number of benzene rings is 1. The molecule has 168 valence electrons. The summed E-state index contributed by atoms with van der Waals surface area (Å²) in [6, 6.07) is 8.44. The number of hydrogen-bond acceptors (Lipinski definition) is 4. The number of nitrogens with zero attached hydrogens (tertiary/aromatic N) is 4. The minimum Gasteiger partial charge on any atom is -0.351 e.